The van der Waals surface area contributed by atoms with Crippen LogP contribution in [0.2, 0.25) is 0 Å². The maximum atomic E-state index is 9.15. The Morgan fingerprint density at radius 2 is 1.60 bits per heavy atom. The Morgan fingerprint density at radius 1 is 0.833 bits per heavy atom. The molecule has 5 rings (SSSR count). The van der Waals surface area contributed by atoms with E-state index in [1.165, 1.54) is 0 Å². The maximum Gasteiger partial charge on any atom is 0.162 e. The molecule has 0 N–H and O–H groups in total. The summed E-state index contributed by atoms with van der Waals surface area (Å²) in [5, 5.41) is 10.2. The summed E-state index contributed by atoms with van der Waals surface area (Å²) in [5.74, 6) is 2.50. The van der Waals surface area contributed by atoms with E-state index in [0.717, 1.165) is 54.3 Å². The Kier molecular flexibility index (Phi) is 4.66. The fourth-order valence-electron chi connectivity index (χ4n) is 3.74. The van der Waals surface area contributed by atoms with Crippen LogP contribution in [0.1, 0.15) is 5.56 Å². The monoisotopic (exact) mass is 393 g/mol. The average molecular weight is 393 g/mol. The molecule has 0 unspecified atom stereocenters. The van der Waals surface area contributed by atoms with E-state index in [0.29, 0.717) is 11.4 Å². The normalized spacial score (nSPS) is 14.0. The van der Waals surface area contributed by atoms with Crippen molar-refractivity contribution in [3.63, 3.8) is 0 Å². The summed E-state index contributed by atoms with van der Waals surface area (Å²) in [7, 11) is 0. The number of aromatic nitrogens is 4. The molecule has 0 bridgehead atoms. The fourth-order valence-corrected chi connectivity index (χ4v) is 3.74. The van der Waals surface area contributed by atoms with E-state index >= 15 is 0 Å². The molecule has 0 spiro atoms. The molecule has 0 amide bonds. The van der Waals surface area contributed by atoms with Crippen molar-refractivity contribution in [2.45, 2.75) is 0 Å². The zero-order valence-electron chi connectivity index (χ0n) is 16.3. The quantitative estimate of drug-likeness (QED) is 0.528. The van der Waals surface area contributed by atoms with Gasteiger partial charge in [-0.3, -0.25) is 4.98 Å². The van der Waals surface area contributed by atoms with Gasteiger partial charge in [-0.2, -0.15) is 5.26 Å². The summed E-state index contributed by atoms with van der Waals surface area (Å²) in [6.07, 6.45) is 5.21. The largest absolute Gasteiger partial charge is 0.353 e. The summed E-state index contributed by atoms with van der Waals surface area (Å²) in [6.45, 7) is 3.25. The number of para-hydroxylation sites is 1. The van der Waals surface area contributed by atoms with Crippen LogP contribution in [-0.2, 0) is 0 Å². The lowest BCUT2D eigenvalue weighted by atomic mass is 10.2. The number of fused-ring (bicyclic) bond motifs is 1. The molecule has 146 valence electrons. The number of hydrogen-bond acceptors (Lipinski definition) is 7. The maximum absolute atomic E-state index is 9.15. The molecule has 1 aliphatic rings. The first-order valence-corrected chi connectivity index (χ1v) is 9.85. The Hall–Kier alpha value is -4.05. The highest BCUT2D eigenvalue weighted by Crippen LogP contribution is 2.28. The SMILES string of the molecule is N#Cc1ccnc(N2CCN(c3nc(-c4ccncc4)nc4ccccc34)CC2)c1. The second kappa shape index (κ2) is 7.76. The van der Waals surface area contributed by atoms with E-state index in [1.807, 2.05) is 36.4 Å². The van der Waals surface area contributed by atoms with E-state index in [-0.39, 0.29) is 0 Å². The number of benzene rings is 1. The molecule has 7 nitrogen and oxygen atoms in total. The van der Waals surface area contributed by atoms with Gasteiger partial charge in [0, 0.05) is 55.7 Å². The number of pyridine rings is 2. The fraction of sp³-hybridized carbons (Fsp3) is 0.174. The van der Waals surface area contributed by atoms with Crippen LogP contribution in [0, 0.1) is 11.3 Å². The van der Waals surface area contributed by atoms with Gasteiger partial charge in [-0.15, -0.1) is 0 Å². The van der Waals surface area contributed by atoms with Crippen LogP contribution in [0.4, 0.5) is 11.6 Å². The van der Waals surface area contributed by atoms with Crippen molar-refractivity contribution >= 4 is 22.5 Å². The number of nitrogens with zero attached hydrogens (tertiary/aromatic N) is 7. The van der Waals surface area contributed by atoms with Gasteiger partial charge in [-0.1, -0.05) is 12.1 Å². The lowest BCUT2D eigenvalue weighted by Crippen LogP contribution is -2.47. The van der Waals surface area contributed by atoms with Gasteiger partial charge in [0.2, 0.25) is 0 Å². The summed E-state index contributed by atoms with van der Waals surface area (Å²) in [5.41, 5.74) is 2.51. The van der Waals surface area contributed by atoms with Crippen molar-refractivity contribution in [1.29, 1.82) is 5.26 Å². The molecule has 0 aliphatic carbocycles. The molecule has 30 heavy (non-hydrogen) atoms. The molecular formula is C23H19N7. The minimum absolute atomic E-state index is 0.631. The first-order valence-electron chi connectivity index (χ1n) is 9.85. The number of piperazine rings is 1. The standard InChI is InChI=1S/C23H19N7/c24-16-17-5-10-26-21(15-17)29-11-13-30(14-12-29)23-19-3-1-2-4-20(19)27-22(28-23)18-6-8-25-9-7-18/h1-10,15H,11-14H2. The number of nitriles is 1. The third-order valence-electron chi connectivity index (χ3n) is 5.30. The smallest absolute Gasteiger partial charge is 0.162 e. The average Bonchev–Trinajstić information content (AvgIpc) is 2.84. The zero-order chi connectivity index (χ0) is 20.3. The highest BCUT2D eigenvalue weighted by molar-refractivity contribution is 5.91. The van der Waals surface area contributed by atoms with Crippen LogP contribution >= 0.6 is 0 Å². The third-order valence-corrected chi connectivity index (χ3v) is 5.30. The van der Waals surface area contributed by atoms with Crippen molar-refractivity contribution in [1.82, 2.24) is 19.9 Å². The van der Waals surface area contributed by atoms with E-state index < -0.39 is 0 Å². The first kappa shape index (κ1) is 18.0. The molecule has 4 aromatic rings. The van der Waals surface area contributed by atoms with Crippen LogP contribution in [0.3, 0.4) is 0 Å². The summed E-state index contributed by atoms with van der Waals surface area (Å²) in [6, 6.07) is 17.7. The Balaban J connectivity index is 1.46. The first-order chi connectivity index (χ1) is 14.8. The molecule has 3 aromatic heterocycles. The topological polar surface area (TPSA) is 81.8 Å². The summed E-state index contributed by atoms with van der Waals surface area (Å²) >= 11 is 0. The number of anilines is 2. The summed E-state index contributed by atoms with van der Waals surface area (Å²) < 4.78 is 0. The third kappa shape index (κ3) is 3.40. The second-order valence-electron chi connectivity index (χ2n) is 7.11. The van der Waals surface area contributed by atoms with Crippen LogP contribution in [0.5, 0.6) is 0 Å². The zero-order valence-corrected chi connectivity index (χ0v) is 16.3. The second-order valence-corrected chi connectivity index (χ2v) is 7.11. The molecule has 0 radical (unpaired) electrons. The molecule has 0 saturated carbocycles. The predicted octanol–water partition coefficient (Wildman–Crippen LogP) is 3.29. The highest BCUT2D eigenvalue weighted by Gasteiger charge is 2.22. The lowest BCUT2D eigenvalue weighted by Gasteiger charge is -2.36. The Bertz CT molecular complexity index is 1230. The van der Waals surface area contributed by atoms with Crippen LogP contribution in [-0.4, -0.2) is 46.1 Å². The van der Waals surface area contributed by atoms with Crippen LogP contribution < -0.4 is 9.80 Å². The minimum Gasteiger partial charge on any atom is -0.353 e. The molecule has 1 saturated heterocycles. The minimum atomic E-state index is 0.631. The molecular weight excluding hydrogens is 374 g/mol. The van der Waals surface area contributed by atoms with Gasteiger partial charge in [0.15, 0.2) is 5.82 Å². The van der Waals surface area contributed by atoms with E-state index in [4.69, 9.17) is 15.2 Å². The van der Waals surface area contributed by atoms with Crippen molar-refractivity contribution in [3.8, 4) is 17.5 Å². The number of hydrogen-bond donors (Lipinski definition) is 0. The molecule has 1 fully saturated rings. The molecule has 1 aromatic carbocycles. The van der Waals surface area contributed by atoms with Crippen molar-refractivity contribution in [3.05, 3.63) is 72.7 Å². The lowest BCUT2D eigenvalue weighted by molar-refractivity contribution is 0.643. The summed E-state index contributed by atoms with van der Waals surface area (Å²) in [4.78, 5) is 22.7. The van der Waals surface area contributed by atoms with Gasteiger partial charge < -0.3 is 9.80 Å². The Morgan fingerprint density at radius 3 is 2.40 bits per heavy atom. The molecule has 1 aliphatic heterocycles. The number of rotatable bonds is 3. The van der Waals surface area contributed by atoms with Gasteiger partial charge in [0.1, 0.15) is 11.6 Å². The van der Waals surface area contributed by atoms with Gasteiger partial charge >= 0.3 is 0 Å². The van der Waals surface area contributed by atoms with Gasteiger partial charge in [0.05, 0.1) is 17.1 Å². The predicted molar refractivity (Wildman–Crippen MR) is 116 cm³/mol. The van der Waals surface area contributed by atoms with Gasteiger partial charge in [-0.25, -0.2) is 15.0 Å². The van der Waals surface area contributed by atoms with Crippen LogP contribution in [0.25, 0.3) is 22.3 Å². The van der Waals surface area contributed by atoms with Crippen molar-refractivity contribution in [2.24, 2.45) is 0 Å². The molecule has 4 heterocycles. The van der Waals surface area contributed by atoms with Crippen molar-refractivity contribution in [2.75, 3.05) is 36.0 Å². The Labute approximate surface area is 174 Å². The highest BCUT2D eigenvalue weighted by atomic mass is 15.3. The van der Waals surface area contributed by atoms with Crippen LogP contribution in [0.15, 0.2) is 67.1 Å². The van der Waals surface area contributed by atoms with Gasteiger partial charge in [0.25, 0.3) is 0 Å². The van der Waals surface area contributed by atoms with Gasteiger partial charge in [-0.05, 0) is 36.4 Å². The van der Waals surface area contributed by atoms with E-state index in [2.05, 4.69) is 31.9 Å². The van der Waals surface area contributed by atoms with E-state index in [1.54, 1.807) is 24.7 Å². The van der Waals surface area contributed by atoms with Crippen molar-refractivity contribution < 1.29 is 0 Å². The van der Waals surface area contributed by atoms with E-state index in [9.17, 15) is 0 Å². The molecule has 0 atom stereocenters. The molecule has 7 heteroatoms.